The van der Waals surface area contributed by atoms with Gasteiger partial charge < -0.3 is 10.1 Å². The zero-order chi connectivity index (χ0) is 12.1. The summed E-state index contributed by atoms with van der Waals surface area (Å²) in [7, 11) is 1.62. The van der Waals surface area contributed by atoms with Crippen LogP contribution in [0, 0.1) is 0 Å². The maximum Gasteiger partial charge on any atom is 0.222 e. The molecule has 1 N–H and O–H groups in total. The lowest BCUT2D eigenvalue weighted by Crippen LogP contribution is -2.30. The first-order valence-corrected chi connectivity index (χ1v) is 7.15. The third-order valence-corrected chi connectivity index (χ3v) is 4.80. The summed E-state index contributed by atoms with van der Waals surface area (Å²) in [6, 6.07) is 0. The van der Waals surface area contributed by atoms with E-state index in [0.29, 0.717) is 16.4 Å². The molecule has 0 spiro atoms. The highest BCUT2D eigenvalue weighted by molar-refractivity contribution is 8.00. The van der Waals surface area contributed by atoms with Gasteiger partial charge in [0.25, 0.3) is 0 Å². The molecule has 1 aliphatic carbocycles. The van der Waals surface area contributed by atoms with Crippen molar-refractivity contribution < 1.29 is 4.74 Å². The summed E-state index contributed by atoms with van der Waals surface area (Å²) in [5.74, 6) is 1.38. The fourth-order valence-corrected chi connectivity index (χ4v) is 3.14. The van der Waals surface area contributed by atoms with Gasteiger partial charge in [-0.05, 0) is 19.1 Å². The number of anilines is 1. The lowest BCUT2D eigenvalue weighted by Gasteiger charge is -2.26. The number of ether oxygens (including phenoxy) is 1. The second kappa shape index (κ2) is 5.58. The van der Waals surface area contributed by atoms with E-state index in [0.717, 1.165) is 6.54 Å². The summed E-state index contributed by atoms with van der Waals surface area (Å²) in [6.45, 7) is 0.945. The SMILES string of the molecule is COc1cnc(NCC2(SC)CCCC2)nc1. The summed E-state index contributed by atoms with van der Waals surface area (Å²) in [6.07, 6.45) is 10.8. The monoisotopic (exact) mass is 253 g/mol. The Labute approximate surface area is 107 Å². The molecule has 4 nitrogen and oxygen atoms in total. The molecule has 1 heterocycles. The molecule has 0 amide bonds. The molecule has 0 saturated heterocycles. The minimum absolute atomic E-state index is 0.378. The van der Waals surface area contributed by atoms with Gasteiger partial charge in [-0.25, -0.2) is 9.97 Å². The Bertz CT molecular complexity index is 349. The average molecular weight is 253 g/mol. The lowest BCUT2D eigenvalue weighted by atomic mass is 10.1. The average Bonchev–Trinajstić information content (AvgIpc) is 2.86. The molecular weight excluding hydrogens is 234 g/mol. The number of hydrogen-bond acceptors (Lipinski definition) is 5. The maximum absolute atomic E-state index is 5.03. The van der Waals surface area contributed by atoms with Crippen LogP contribution in [-0.4, -0.2) is 34.6 Å². The molecule has 0 atom stereocenters. The van der Waals surface area contributed by atoms with Crippen molar-refractivity contribution in [2.45, 2.75) is 30.4 Å². The van der Waals surface area contributed by atoms with E-state index in [1.165, 1.54) is 25.7 Å². The normalized spacial score (nSPS) is 18.0. The van der Waals surface area contributed by atoms with E-state index in [1.807, 2.05) is 11.8 Å². The topological polar surface area (TPSA) is 47.0 Å². The Kier molecular flexibility index (Phi) is 4.10. The van der Waals surface area contributed by atoms with Crippen LogP contribution in [0.15, 0.2) is 12.4 Å². The number of nitrogens with zero attached hydrogens (tertiary/aromatic N) is 2. The largest absolute Gasteiger partial charge is 0.494 e. The summed E-state index contributed by atoms with van der Waals surface area (Å²) < 4.78 is 5.41. The first kappa shape index (κ1) is 12.5. The number of thioether (sulfide) groups is 1. The Hall–Kier alpha value is -0.970. The molecule has 1 fully saturated rings. The van der Waals surface area contributed by atoms with Crippen molar-refractivity contribution in [2.75, 3.05) is 25.2 Å². The molecule has 0 radical (unpaired) electrons. The van der Waals surface area contributed by atoms with Gasteiger partial charge in [-0.15, -0.1) is 0 Å². The molecule has 1 saturated carbocycles. The molecule has 1 aliphatic rings. The molecule has 94 valence electrons. The van der Waals surface area contributed by atoms with Gasteiger partial charge in [-0.3, -0.25) is 0 Å². The zero-order valence-electron chi connectivity index (χ0n) is 10.4. The molecule has 0 aliphatic heterocycles. The minimum atomic E-state index is 0.378. The van der Waals surface area contributed by atoms with Gasteiger partial charge in [0.05, 0.1) is 19.5 Å². The van der Waals surface area contributed by atoms with Crippen LogP contribution >= 0.6 is 11.8 Å². The van der Waals surface area contributed by atoms with Gasteiger partial charge in [0, 0.05) is 11.3 Å². The van der Waals surface area contributed by atoms with Crippen molar-refractivity contribution in [2.24, 2.45) is 0 Å². The van der Waals surface area contributed by atoms with Crippen molar-refractivity contribution >= 4 is 17.7 Å². The second-order valence-corrected chi connectivity index (χ2v) is 5.67. The second-order valence-electron chi connectivity index (χ2n) is 4.39. The lowest BCUT2D eigenvalue weighted by molar-refractivity contribution is 0.411. The molecule has 1 aromatic rings. The van der Waals surface area contributed by atoms with Crippen LogP contribution in [-0.2, 0) is 0 Å². The highest BCUT2D eigenvalue weighted by Gasteiger charge is 2.32. The van der Waals surface area contributed by atoms with E-state index < -0.39 is 0 Å². The first-order valence-electron chi connectivity index (χ1n) is 5.93. The van der Waals surface area contributed by atoms with Crippen LogP contribution in [0.1, 0.15) is 25.7 Å². The smallest absolute Gasteiger partial charge is 0.222 e. The molecule has 17 heavy (non-hydrogen) atoms. The van der Waals surface area contributed by atoms with E-state index >= 15 is 0 Å². The molecule has 2 rings (SSSR count). The van der Waals surface area contributed by atoms with Crippen molar-refractivity contribution in [1.29, 1.82) is 0 Å². The van der Waals surface area contributed by atoms with E-state index in [4.69, 9.17) is 4.74 Å². The summed E-state index contributed by atoms with van der Waals surface area (Å²) >= 11 is 1.96. The zero-order valence-corrected chi connectivity index (χ0v) is 11.2. The van der Waals surface area contributed by atoms with Crippen molar-refractivity contribution in [3.63, 3.8) is 0 Å². The molecular formula is C12H19N3OS. The van der Waals surface area contributed by atoms with E-state index in [2.05, 4.69) is 21.5 Å². The van der Waals surface area contributed by atoms with Crippen LogP contribution in [0.4, 0.5) is 5.95 Å². The third kappa shape index (κ3) is 3.03. The summed E-state index contributed by atoms with van der Waals surface area (Å²) in [5.41, 5.74) is 0. The predicted molar refractivity (Wildman–Crippen MR) is 71.8 cm³/mol. The first-order chi connectivity index (χ1) is 8.28. The molecule has 0 bridgehead atoms. The van der Waals surface area contributed by atoms with Gasteiger partial charge in [0.15, 0.2) is 5.75 Å². The van der Waals surface area contributed by atoms with Gasteiger partial charge in [0.2, 0.25) is 5.95 Å². The van der Waals surface area contributed by atoms with E-state index in [9.17, 15) is 0 Å². The van der Waals surface area contributed by atoms with Crippen LogP contribution in [0.2, 0.25) is 0 Å². The summed E-state index contributed by atoms with van der Waals surface area (Å²) in [5, 5.41) is 3.33. The summed E-state index contributed by atoms with van der Waals surface area (Å²) in [4.78, 5) is 8.44. The fourth-order valence-electron chi connectivity index (χ4n) is 2.23. The highest BCUT2D eigenvalue weighted by Crippen LogP contribution is 2.40. The molecule has 0 unspecified atom stereocenters. The number of rotatable bonds is 5. The molecule has 5 heteroatoms. The van der Waals surface area contributed by atoms with Crippen molar-refractivity contribution in [3.8, 4) is 5.75 Å². The van der Waals surface area contributed by atoms with Gasteiger partial charge in [0.1, 0.15) is 0 Å². The Balaban J connectivity index is 1.92. The number of methoxy groups -OCH3 is 1. The maximum atomic E-state index is 5.03. The minimum Gasteiger partial charge on any atom is -0.494 e. The standard InChI is InChI=1S/C12H19N3OS/c1-16-10-7-13-11(14-8-10)15-9-12(17-2)5-3-4-6-12/h7-8H,3-6,9H2,1-2H3,(H,13,14,15). The number of aromatic nitrogens is 2. The fraction of sp³-hybridized carbons (Fsp3) is 0.667. The Morgan fingerprint density at radius 2 is 2.00 bits per heavy atom. The van der Waals surface area contributed by atoms with E-state index in [-0.39, 0.29) is 0 Å². The number of hydrogen-bond donors (Lipinski definition) is 1. The van der Waals surface area contributed by atoms with Gasteiger partial charge >= 0.3 is 0 Å². The van der Waals surface area contributed by atoms with Crippen molar-refractivity contribution in [1.82, 2.24) is 9.97 Å². The molecule has 1 aromatic heterocycles. The highest BCUT2D eigenvalue weighted by atomic mass is 32.2. The Morgan fingerprint density at radius 3 is 2.53 bits per heavy atom. The Morgan fingerprint density at radius 1 is 1.35 bits per heavy atom. The number of nitrogens with one attached hydrogen (secondary N) is 1. The molecule has 0 aromatic carbocycles. The third-order valence-electron chi connectivity index (χ3n) is 3.38. The van der Waals surface area contributed by atoms with Crippen LogP contribution in [0.25, 0.3) is 0 Å². The van der Waals surface area contributed by atoms with Gasteiger partial charge in [-0.2, -0.15) is 11.8 Å². The van der Waals surface area contributed by atoms with Gasteiger partial charge in [-0.1, -0.05) is 12.8 Å². The van der Waals surface area contributed by atoms with Crippen LogP contribution in [0.5, 0.6) is 5.75 Å². The van der Waals surface area contributed by atoms with Crippen LogP contribution in [0.3, 0.4) is 0 Å². The predicted octanol–water partition coefficient (Wildman–Crippen LogP) is 2.57. The van der Waals surface area contributed by atoms with Crippen molar-refractivity contribution in [3.05, 3.63) is 12.4 Å². The quantitative estimate of drug-likeness (QED) is 0.874. The van der Waals surface area contributed by atoms with E-state index in [1.54, 1.807) is 19.5 Å². The van der Waals surface area contributed by atoms with Crippen LogP contribution < -0.4 is 10.1 Å².